The van der Waals surface area contributed by atoms with E-state index in [-0.39, 0.29) is 11.7 Å². The van der Waals surface area contributed by atoms with E-state index in [1.807, 2.05) is 44.2 Å². The minimum atomic E-state index is -3.88. The molecule has 0 spiro atoms. The van der Waals surface area contributed by atoms with Crippen molar-refractivity contribution in [2.75, 3.05) is 10.6 Å². The van der Waals surface area contributed by atoms with E-state index in [0.29, 0.717) is 12.3 Å². The Morgan fingerprint density at radius 1 is 1.04 bits per heavy atom. The van der Waals surface area contributed by atoms with Crippen LogP contribution in [0.1, 0.15) is 38.8 Å². The van der Waals surface area contributed by atoms with E-state index < -0.39 is 27.8 Å². The Bertz CT molecular complexity index is 901. The number of nitrogens with zero attached hydrogens (tertiary/aromatic N) is 1. The summed E-state index contributed by atoms with van der Waals surface area (Å²) in [5.74, 6) is -0.865. The molecule has 0 radical (unpaired) electrons. The van der Waals surface area contributed by atoms with Gasteiger partial charge >= 0.3 is 0 Å². The van der Waals surface area contributed by atoms with Crippen LogP contribution in [0.5, 0.6) is 0 Å². The van der Waals surface area contributed by atoms with E-state index >= 15 is 0 Å². The normalized spacial score (nSPS) is 13.8. The third kappa shape index (κ3) is 5.55. The Hall–Kier alpha value is -2.41. The fourth-order valence-electron chi connectivity index (χ4n) is 3.14. The minimum absolute atomic E-state index is 0.146. The number of anilines is 1. The van der Waals surface area contributed by atoms with Crippen molar-refractivity contribution in [1.82, 2.24) is 5.32 Å². The Kier molecular flexibility index (Phi) is 7.18. The van der Waals surface area contributed by atoms with E-state index in [4.69, 9.17) is 0 Å². The first kappa shape index (κ1) is 21.9. The fourth-order valence-corrected chi connectivity index (χ4v) is 4.31. The van der Waals surface area contributed by atoms with Gasteiger partial charge in [0, 0.05) is 0 Å². The third-order valence-corrected chi connectivity index (χ3v) is 5.63. The maximum atomic E-state index is 14.3. The number of para-hydroxylation sites is 1. The van der Waals surface area contributed by atoms with Gasteiger partial charge in [0.25, 0.3) is 0 Å². The van der Waals surface area contributed by atoms with Gasteiger partial charge < -0.3 is 5.32 Å². The lowest BCUT2D eigenvalue weighted by molar-refractivity contribution is -0.122. The average molecular weight is 407 g/mol. The number of nitrogens with one attached hydrogen (secondary N) is 1. The highest BCUT2D eigenvalue weighted by atomic mass is 32.2. The Balaban J connectivity index is 2.32. The quantitative estimate of drug-likeness (QED) is 0.723. The van der Waals surface area contributed by atoms with Crippen LogP contribution in [0.15, 0.2) is 54.6 Å². The number of sulfonamides is 1. The van der Waals surface area contributed by atoms with Crippen molar-refractivity contribution in [3.8, 4) is 0 Å². The molecule has 0 saturated heterocycles. The monoisotopic (exact) mass is 406 g/mol. The van der Waals surface area contributed by atoms with Gasteiger partial charge in [-0.15, -0.1) is 0 Å². The number of benzene rings is 2. The second kappa shape index (κ2) is 9.19. The number of hydrogen-bond donors (Lipinski definition) is 1. The smallest absolute Gasteiger partial charge is 0.244 e. The number of hydrogen-bond acceptors (Lipinski definition) is 3. The van der Waals surface area contributed by atoms with Crippen molar-refractivity contribution in [3.63, 3.8) is 0 Å². The van der Waals surface area contributed by atoms with Gasteiger partial charge in [-0.2, -0.15) is 0 Å². The van der Waals surface area contributed by atoms with Crippen LogP contribution in [0.3, 0.4) is 0 Å². The highest BCUT2D eigenvalue weighted by Gasteiger charge is 2.32. The molecule has 2 aromatic carbocycles. The second-order valence-electron chi connectivity index (χ2n) is 7.29. The van der Waals surface area contributed by atoms with E-state index in [1.54, 1.807) is 0 Å². The van der Waals surface area contributed by atoms with Gasteiger partial charge in [0.05, 0.1) is 18.0 Å². The predicted octanol–water partition coefficient (Wildman–Crippen LogP) is 3.88. The van der Waals surface area contributed by atoms with E-state index in [1.165, 1.54) is 31.2 Å². The summed E-state index contributed by atoms with van der Waals surface area (Å²) in [6, 6.07) is 13.7. The standard InChI is InChI=1S/C21H27FN2O3S/c1-15(2)14-19(17-10-6-5-7-11-17)23-21(25)16(3)24(28(4,26)27)20-13-9-8-12-18(20)22/h5-13,15-16,19H,14H2,1-4H3,(H,23,25)/t16-,19-/m0/s1. The maximum Gasteiger partial charge on any atom is 0.244 e. The Labute approximate surface area is 166 Å². The van der Waals surface area contributed by atoms with Crippen molar-refractivity contribution in [2.24, 2.45) is 5.92 Å². The van der Waals surface area contributed by atoms with Gasteiger partial charge in [-0.3, -0.25) is 9.10 Å². The molecule has 0 aliphatic heterocycles. The van der Waals surface area contributed by atoms with Gasteiger partial charge in [0.2, 0.25) is 15.9 Å². The Morgan fingerprint density at radius 3 is 2.14 bits per heavy atom. The third-order valence-electron chi connectivity index (χ3n) is 4.40. The first-order valence-electron chi connectivity index (χ1n) is 9.20. The largest absolute Gasteiger partial charge is 0.347 e. The molecule has 7 heteroatoms. The van der Waals surface area contributed by atoms with Gasteiger partial charge in [-0.25, -0.2) is 12.8 Å². The molecule has 28 heavy (non-hydrogen) atoms. The summed E-state index contributed by atoms with van der Waals surface area (Å²) in [7, 11) is -3.88. The molecule has 2 rings (SSSR count). The van der Waals surface area contributed by atoms with Crippen molar-refractivity contribution in [2.45, 2.75) is 39.3 Å². The van der Waals surface area contributed by atoms with Crippen LogP contribution < -0.4 is 9.62 Å². The number of rotatable bonds is 8. The van der Waals surface area contributed by atoms with Crippen molar-refractivity contribution in [3.05, 3.63) is 66.0 Å². The summed E-state index contributed by atoms with van der Waals surface area (Å²) < 4.78 is 39.8. The van der Waals surface area contributed by atoms with Crippen LogP contribution in [-0.4, -0.2) is 26.6 Å². The molecule has 1 N–H and O–H groups in total. The van der Waals surface area contributed by atoms with Crippen LogP contribution in [0, 0.1) is 11.7 Å². The van der Waals surface area contributed by atoms with Gasteiger partial charge in [-0.05, 0) is 37.0 Å². The fraction of sp³-hybridized carbons (Fsp3) is 0.381. The van der Waals surface area contributed by atoms with Crippen LogP contribution in [0.25, 0.3) is 0 Å². The lowest BCUT2D eigenvalue weighted by Crippen LogP contribution is -2.49. The number of carbonyl (C=O) groups excluding carboxylic acids is 1. The Morgan fingerprint density at radius 2 is 1.61 bits per heavy atom. The number of amides is 1. The molecule has 0 fully saturated rings. The first-order chi connectivity index (χ1) is 13.1. The van der Waals surface area contributed by atoms with E-state index in [9.17, 15) is 17.6 Å². The molecule has 1 amide bonds. The molecule has 0 unspecified atom stereocenters. The molecule has 2 atom stereocenters. The zero-order chi connectivity index (χ0) is 20.9. The number of carbonyl (C=O) groups is 1. The van der Waals surface area contributed by atoms with Gasteiger partial charge in [0.15, 0.2) is 0 Å². The van der Waals surface area contributed by atoms with Crippen LogP contribution >= 0.6 is 0 Å². The first-order valence-corrected chi connectivity index (χ1v) is 11.0. The summed E-state index contributed by atoms with van der Waals surface area (Å²) in [6.45, 7) is 5.56. The number of halogens is 1. The van der Waals surface area contributed by atoms with Crippen molar-refractivity contribution < 1.29 is 17.6 Å². The molecule has 152 valence electrons. The summed E-state index contributed by atoms with van der Waals surface area (Å²) in [5, 5.41) is 2.94. The summed E-state index contributed by atoms with van der Waals surface area (Å²) in [5.41, 5.74) is 0.793. The summed E-state index contributed by atoms with van der Waals surface area (Å²) in [6.07, 6.45) is 1.66. The molecular formula is C21H27FN2O3S. The van der Waals surface area contributed by atoms with Crippen molar-refractivity contribution in [1.29, 1.82) is 0 Å². The SMILES string of the molecule is CC(C)C[C@H](NC(=O)[C@H](C)N(c1ccccc1F)S(C)(=O)=O)c1ccccc1. The highest BCUT2D eigenvalue weighted by Crippen LogP contribution is 2.26. The molecule has 2 aromatic rings. The van der Waals surface area contributed by atoms with Gasteiger partial charge in [-0.1, -0.05) is 56.3 Å². The zero-order valence-corrected chi connectivity index (χ0v) is 17.4. The van der Waals surface area contributed by atoms with E-state index in [0.717, 1.165) is 16.1 Å². The maximum absolute atomic E-state index is 14.3. The highest BCUT2D eigenvalue weighted by molar-refractivity contribution is 7.92. The predicted molar refractivity (Wildman–Crippen MR) is 110 cm³/mol. The van der Waals surface area contributed by atoms with Gasteiger partial charge in [0.1, 0.15) is 11.9 Å². The molecule has 0 saturated carbocycles. The van der Waals surface area contributed by atoms with E-state index in [2.05, 4.69) is 5.32 Å². The minimum Gasteiger partial charge on any atom is -0.347 e. The molecule has 0 bridgehead atoms. The summed E-state index contributed by atoms with van der Waals surface area (Å²) >= 11 is 0. The van der Waals surface area contributed by atoms with Crippen molar-refractivity contribution >= 4 is 21.6 Å². The summed E-state index contributed by atoms with van der Waals surface area (Å²) in [4.78, 5) is 12.9. The lowest BCUT2D eigenvalue weighted by Gasteiger charge is -2.30. The van der Waals surface area contributed by atoms with Crippen LogP contribution in [0.2, 0.25) is 0 Å². The molecule has 0 aromatic heterocycles. The topological polar surface area (TPSA) is 66.5 Å². The average Bonchev–Trinajstić information content (AvgIpc) is 2.62. The van der Waals surface area contributed by atoms with Crippen LogP contribution in [0.4, 0.5) is 10.1 Å². The zero-order valence-electron chi connectivity index (χ0n) is 16.6. The molecular weight excluding hydrogens is 379 g/mol. The molecule has 0 heterocycles. The molecule has 5 nitrogen and oxygen atoms in total. The second-order valence-corrected chi connectivity index (χ2v) is 9.15. The lowest BCUT2D eigenvalue weighted by atomic mass is 9.96. The molecule has 0 aliphatic carbocycles. The molecule has 0 aliphatic rings. The van der Waals surface area contributed by atoms with Crippen LogP contribution in [-0.2, 0) is 14.8 Å².